The second-order valence-electron chi connectivity index (χ2n) is 8.71. The summed E-state index contributed by atoms with van der Waals surface area (Å²) in [6.45, 7) is 9.55. The number of nitrogens with zero attached hydrogens (tertiary/aromatic N) is 2. The minimum atomic E-state index is -0.427. The third-order valence-electron chi connectivity index (χ3n) is 5.51. The van der Waals surface area contributed by atoms with Crippen LogP contribution in [0.25, 0.3) is 0 Å². The van der Waals surface area contributed by atoms with Crippen LogP contribution in [0.2, 0.25) is 0 Å². The van der Waals surface area contributed by atoms with E-state index in [1.807, 2.05) is 25.7 Å². The van der Waals surface area contributed by atoms with E-state index in [-0.39, 0.29) is 6.09 Å². The number of aromatic amines is 1. The van der Waals surface area contributed by atoms with Gasteiger partial charge in [0.05, 0.1) is 5.69 Å². The molecule has 0 spiro atoms. The number of ether oxygens (including phenoxy) is 1. The quantitative estimate of drug-likeness (QED) is 0.880. The first-order chi connectivity index (χ1) is 11.9. The zero-order valence-electron chi connectivity index (χ0n) is 16.2. The molecule has 0 aromatic carbocycles. The van der Waals surface area contributed by atoms with Crippen molar-refractivity contribution >= 4 is 6.09 Å². The summed E-state index contributed by atoms with van der Waals surface area (Å²) in [6, 6.07) is 0. The van der Waals surface area contributed by atoms with Crippen molar-refractivity contribution in [2.24, 2.45) is 5.92 Å². The Kier molecular flexibility index (Phi) is 5.40. The number of aromatic nitrogens is 2. The number of likely N-dealkylation sites (tertiary alicyclic amines) is 1. The number of carbonyl (C=O) groups excluding carboxylic acids is 1. The van der Waals surface area contributed by atoms with Crippen molar-refractivity contribution in [1.29, 1.82) is 0 Å². The molecule has 1 saturated heterocycles. The normalized spacial score (nSPS) is 21.9. The molecule has 3 rings (SSSR count). The first-order valence-corrected chi connectivity index (χ1v) is 9.91. The van der Waals surface area contributed by atoms with E-state index in [1.165, 1.54) is 42.6 Å². The number of fused-ring (bicyclic) bond motifs is 1. The summed E-state index contributed by atoms with van der Waals surface area (Å²) in [5.74, 6) is 1.29. The van der Waals surface area contributed by atoms with Crippen LogP contribution in [0.5, 0.6) is 0 Å². The van der Waals surface area contributed by atoms with Gasteiger partial charge in [0.15, 0.2) is 0 Å². The molecular formula is C20H33N3O2. The lowest BCUT2D eigenvalue weighted by molar-refractivity contribution is 0.0204. The highest BCUT2D eigenvalue weighted by Gasteiger charge is 2.32. The Bertz CT molecular complexity index is 595. The smallest absolute Gasteiger partial charge is 0.410 e. The predicted molar refractivity (Wildman–Crippen MR) is 98.8 cm³/mol. The van der Waals surface area contributed by atoms with E-state index in [1.54, 1.807) is 0 Å². The van der Waals surface area contributed by atoms with Gasteiger partial charge in [-0.15, -0.1) is 0 Å². The Morgan fingerprint density at radius 3 is 2.64 bits per heavy atom. The van der Waals surface area contributed by atoms with Crippen molar-refractivity contribution in [1.82, 2.24) is 15.1 Å². The second-order valence-corrected chi connectivity index (χ2v) is 8.71. The highest BCUT2D eigenvalue weighted by molar-refractivity contribution is 5.68. The van der Waals surface area contributed by atoms with Gasteiger partial charge in [0, 0.05) is 24.7 Å². The molecule has 1 N–H and O–H groups in total. The summed E-state index contributed by atoms with van der Waals surface area (Å²) < 4.78 is 5.50. The summed E-state index contributed by atoms with van der Waals surface area (Å²) in [5, 5.41) is 7.98. The lowest BCUT2D eigenvalue weighted by Crippen LogP contribution is -2.41. The summed E-state index contributed by atoms with van der Waals surface area (Å²) in [4.78, 5) is 14.1. The number of aryl methyl sites for hydroxylation is 1. The van der Waals surface area contributed by atoms with Gasteiger partial charge in [-0.05, 0) is 64.4 Å². The molecular weight excluding hydrogens is 314 g/mol. The Morgan fingerprint density at radius 1 is 1.28 bits per heavy atom. The van der Waals surface area contributed by atoms with E-state index in [4.69, 9.17) is 4.74 Å². The highest BCUT2D eigenvalue weighted by atomic mass is 16.6. The van der Waals surface area contributed by atoms with Crippen molar-refractivity contribution in [3.8, 4) is 0 Å². The van der Waals surface area contributed by atoms with E-state index in [0.717, 1.165) is 38.3 Å². The zero-order chi connectivity index (χ0) is 18.0. The van der Waals surface area contributed by atoms with Crippen LogP contribution in [-0.2, 0) is 17.6 Å². The van der Waals surface area contributed by atoms with Crippen LogP contribution >= 0.6 is 0 Å². The molecule has 2 heterocycles. The SMILES string of the molecule is CCCC1CCc2[nH]nc(C3CCN(C(=O)OC(C)(C)C)CC3)c2C1. The van der Waals surface area contributed by atoms with Crippen LogP contribution in [-0.4, -0.2) is 39.9 Å². The second kappa shape index (κ2) is 7.38. The number of nitrogens with one attached hydrogen (secondary N) is 1. The molecule has 2 aliphatic rings. The van der Waals surface area contributed by atoms with E-state index in [0.29, 0.717) is 5.92 Å². The van der Waals surface area contributed by atoms with Crippen molar-refractivity contribution < 1.29 is 9.53 Å². The first kappa shape index (κ1) is 18.3. The van der Waals surface area contributed by atoms with Crippen LogP contribution in [0.4, 0.5) is 4.79 Å². The summed E-state index contributed by atoms with van der Waals surface area (Å²) in [6.07, 6.45) is 7.98. The van der Waals surface area contributed by atoms with Crippen molar-refractivity contribution in [3.63, 3.8) is 0 Å². The maximum absolute atomic E-state index is 12.2. The molecule has 1 aliphatic carbocycles. The molecule has 0 bridgehead atoms. The standard InChI is InChI=1S/C20H33N3O2/c1-5-6-14-7-8-17-16(13-14)18(22-21-17)15-9-11-23(12-10-15)19(24)25-20(2,3)4/h14-15H,5-13H2,1-4H3,(H,21,22). The van der Waals surface area contributed by atoms with Gasteiger partial charge >= 0.3 is 6.09 Å². The molecule has 0 saturated carbocycles. The fourth-order valence-corrected chi connectivity index (χ4v) is 4.25. The number of rotatable bonds is 3. The van der Waals surface area contributed by atoms with Crippen LogP contribution in [0.1, 0.15) is 82.7 Å². The van der Waals surface area contributed by atoms with Gasteiger partial charge in [0.1, 0.15) is 5.60 Å². The van der Waals surface area contributed by atoms with Crippen molar-refractivity contribution in [2.45, 2.75) is 84.2 Å². The van der Waals surface area contributed by atoms with Crippen LogP contribution in [0.15, 0.2) is 0 Å². The Labute approximate surface area is 151 Å². The van der Waals surface area contributed by atoms with Crippen LogP contribution in [0.3, 0.4) is 0 Å². The lowest BCUT2D eigenvalue weighted by Gasteiger charge is -2.33. The zero-order valence-corrected chi connectivity index (χ0v) is 16.2. The molecule has 5 heteroatoms. The van der Waals surface area contributed by atoms with Crippen molar-refractivity contribution in [2.75, 3.05) is 13.1 Å². The van der Waals surface area contributed by atoms with E-state index in [9.17, 15) is 4.79 Å². The fraction of sp³-hybridized carbons (Fsp3) is 0.800. The summed E-state index contributed by atoms with van der Waals surface area (Å²) in [7, 11) is 0. The molecule has 140 valence electrons. The molecule has 1 aromatic heterocycles. The predicted octanol–water partition coefficient (Wildman–Crippen LogP) is 4.43. The van der Waals surface area contributed by atoms with E-state index in [2.05, 4.69) is 17.1 Å². The van der Waals surface area contributed by atoms with Gasteiger partial charge in [0.2, 0.25) is 0 Å². The van der Waals surface area contributed by atoms with Crippen LogP contribution < -0.4 is 0 Å². The minimum Gasteiger partial charge on any atom is -0.444 e. The molecule has 5 nitrogen and oxygen atoms in total. The fourth-order valence-electron chi connectivity index (χ4n) is 4.25. The summed E-state index contributed by atoms with van der Waals surface area (Å²) >= 11 is 0. The van der Waals surface area contributed by atoms with Crippen LogP contribution in [0, 0.1) is 5.92 Å². The maximum Gasteiger partial charge on any atom is 0.410 e. The number of H-pyrrole nitrogens is 1. The minimum absolute atomic E-state index is 0.182. The lowest BCUT2D eigenvalue weighted by atomic mass is 9.81. The Hall–Kier alpha value is -1.52. The van der Waals surface area contributed by atoms with Gasteiger partial charge < -0.3 is 9.64 Å². The van der Waals surface area contributed by atoms with Gasteiger partial charge in [0.25, 0.3) is 0 Å². The molecule has 1 unspecified atom stereocenters. The molecule has 1 atom stereocenters. The number of hydrogen-bond acceptors (Lipinski definition) is 3. The average Bonchev–Trinajstić information content (AvgIpc) is 2.97. The molecule has 1 aromatic rings. The first-order valence-electron chi connectivity index (χ1n) is 9.91. The molecule has 25 heavy (non-hydrogen) atoms. The van der Waals surface area contributed by atoms with Gasteiger partial charge in [-0.3, -0.25) is 5.10 Å². The Balaban J connectivity index is 1.61. The average molecular weight is 348 g/mol. The molecule has 1 amide bonds. The Morgan fingerprint density at radius 2 is 2.00 bits per heavy atom. The molecule has 1 fully saturated rings. The molecule has 0 radical (unpaired) electrons. The third kappa shape index (κ3) is 4.36. The number of carbonyl (C=O) groups is 1. The van der Waals surface area contributed by atoms with E-state index < -0.39 is 5.60 Å². The monoisotopic (exact) mass is 347 g/mol. The summed E-state index contributed by atoms with van der Waals surface area (Å²) in [5.41, 5.74) is 3.70. The van der Waals surface area contributed by atoms with Gasteiger partial charge in [-0.2, -0.15) is 5.10 Å². The number of piperidine rings is 1. The van der Waals surface area contributed by atoms with Gasteiger partial charge in [-0.1, -0.05) is 19.8 Å². The van der Waals surface area contributed by atoms with Gasteiger partial charge in [-0.25, -0.2) is 4.79 Å². The largest absolute Gasteiger partial charge is 0.444 e. The molecule has 1 aliphatic heterocycles. The van der Waals surface area contributed by atoms with Crippen molar-refractivity contribution in [3.05, 3.63) is 17.0 Å². The topological polar surface area (TPSA) is 58.2 Å². The maximum atomic E-state index is 12.2. The van der Waals surface area contributed by atoms with E-state index >= 15 is 0 Å². The third-order valence-corrected chi connectivity index (χ3v) is 5.51. The highest BCUT2D eigenvalue weighted by Crippen LogP contribution is 2.36. The number of amides is 1. The number of hydrogen-bond donors (Lipinski definition) is 1.